The molecule has 1 fully saturated rings. The molecule has 1 aliphatic rings. The van der Waals surface area contributed by atoms with Crippen LogP contribution in [0.3, 0.4) is 0 Å². The van der Waals surface area contributed by atoms with Crippen LogP contribution in [0, 0.1) is 5.82 Å². The average Bonchev–Trinajstić information content (AvgIpc) is 2.62. The highest BCUT2D eigenvalue weighted by atomic mass is 19.1. The highest BCUT2D eigenvalue weighted by Gasteiger charge is 2.12. The minimum absolute atomic E-state index is 0.0703. The number of hydrogen-bond donors (Lipinski definition) is 1. The molecule has 2 nitrogen and oxygen atoms in total. The Hall–Kier alpha value is -0.930. The van der Waals surface area contributed by atoms with Crippen LogP contribution >= 0.6 is 0 Å². The van der Waals surface area contributed by atoms with Gasteiger partial charge in [-0.05, 0) is 44.6 Å². The van der Waals surface area contributed by atoms with Crippen LogP contribution in [0.15, 0.2) is 18.2 Å². The molecule has 100 valence electrons. The largest absolute Gasteiger partial charge is 0.316 e. The monoisotopic (exact) mass is 250 g/mol. The highest BCUT2D eigenvalue weighted by Crippen LogP contribution is 2.16. The molecule has 1 aromatic rings. The molecule has 2 rings (SSSR count). The van der Waals surface area contributed by atoms with Crippen LogP contribution in [0.5, 0.6) is 0 Å². The molecule has 0 aliphatic carbocycles. The average molecular weight is 250 g/mol. The zero-order valence-electron chi connectivity index (χ0n) is 11.2. The zero-order valence-corrected chi connectivity index (χ0v) is 11.2. The molecule has 1 saturated heterocycles. The Bertz CT molecular complexity index is 371. The van der Waals surface area contributed by atoms with Gasteiger partial charge in [0.05, 0.1) is 0 Å². The van der Waals surface area contributed by atoms with Crippen molar-refractivity contribution in [3.8, 4) is 0 Å². The van der Waals surface area contributed by atoms with E-state index in [2.05, 4.69) is 10.2 Å². The fourth-order valence-corrected chi connectivity index (χ4v) is 2.60. The zero-order chi connectivity index (χ0) is 12.8. The van der Waals surface area contributed by atoms with Gasteiger partial charge in [-0.2, -0.15) is 0 Å². The van der Waals surface area contributed by atoms with Crippen LogP contribution in [-0.4, -0.2) is 25.0 Å². The summed E-state index contributed by atoms with van der Waals surface area (Å²) < 4.78 is 13.8. The summed E-state index contributed by atoms with van der Waals surface area (Å²) >= 11 is 0. The first kappa shape index (κ1) is 13.5. The van der Waals surface area contributed by atoms with E-state index in [1.165, 1.54) is 25.7 Å². The number of likely N-dealkylation sites (tertiary alicyclic amines) is 1. The number of rotatable bonds is 4. The highest BCUT2D eigenvalue weighted by molar-refractivity contribution is 5.25. The predicted octanol–water partition coefficient (Wildman–Crippen LogP) is 2.92. The molecule has 3 heteroatoms. The molecule has 0 amide bonds. The molecule has 0 bridgehead atoms. The Balaban J connectivity index is 2.04. The molecule has 0 spiro atoms. The normalized spacial score (nSPS) is 17.7. The lowest BCUT2D eigenvalue weighted by Gasteiger charge is -2.20. The molecule has 1 heterocycles. The maximum Gasteiger partial charge on any atom is 0.127 e. The van der Waals surface area contributed by atoms with E-state index in [0.29, 0.717) is 0 Å². The summed E-state index contributed by atoms with van der Waals surface area (Å²) in [6, 6.07) is 5.45. The van der Waals surface area contributed by atoms with Gasteiger partial charge in [0.25, 0.3) is 0 Å². The molecule has 1 aromatic carbocycles. The minimum atomic E-state index is -0.0703. The van der Waals surface area contributed by atoms with E-state index in [-0.39, 0.29) is 5.82 Å². The van der Waals surface area contributed by atoms with Crippen molar-refractivity contribution in [3.63, 3.8) is 0 Å². The van der Waals surface area contributed by atoms with Crippen molar-refractivity contribution in [2.45, 2.75) is 38.8 Å². The standard InChI is InChI=1S/C15H23FN2/c1-17-11-13-6-7-15(16)14(10-13)12-18-8-4-2-3-5-9-18/h6-7,10,17H,2-5,8-9,11-12H2,1H3. The first-order chi connectivity index (χ1) is 8.79. The van der Waals surface area contributed by atoms with Crippen LogP contribution in [0.4, 0.5) is 4.39 Å². The summed E-state index contributed by atoms with van der Waals surface area (Å²) in [4.78, 5) is 2.38. The van der Waals surface area contributed by atoms with Crippen LogP contribution in [-0.2, 0) is 13.1 Å². The van der Waals surface area contributed by atoms with Crippen molar-refractivity contribution in [2.24, 2.45) is 0 Å². The van der Waals surface area contributed by atoms with Crippen LogP contribution in [0.25, 0.3) is 0 Å². The molecule has 18 heavy (non-hydrogen) atoms. The van der Waals surface area contributed by atoms with Crippen molar-refractivity contribution in [1.29, 1.82) is 0 Å². The van der Waals surface area contributed by atoms with Gasteiger partial charge in [-0.15, -0.1) is 0 Å². The van der Waals surface area contributed by atoms with Crippen molar-refractivity contribution < 1.29 is 4.39 Å². The van der Waals surface area contributed by atoms with E-state index in [1.54, 1.807) is 6.07 Å². The lowest BCUT2D eigenvalue weighted by Crippen LogP contribution is -2.24. The Labute approximate surface area is 109 Å². The molecule has 1 aliphatic heterocycles. The number of nitrogens with zero attached hydrogens (tertiary/aromatic N) is 1. The summed E-state index contributed by atoms with van der Waals surface area (Å²) in [6.07, 6.45) is 5.13. The SMILES string of the molecule is CNCc1ccc(F)c(CN2CCCCCC2)c1. The van der Waals surface area contributed by atoms with Gasteiger partial charge >= 0.3 is 0 Å². The first-order valence-electron chi connectivity index (χ1n) is 6.94. The number of hydrogen-bond acceptors (Lipinski definition) is 2. The predicted molar refractivity (Wildman–Crippen MR) is 72.9 cm³/mol. The Kier molecular flexibility index (Phi) is 5.14. The molecule has 0 radical (unpaired) electrons. The van der Waals surface area contributed by atoms with Gasteiger partial charge in [0, 0.05) is 18.7 Å². The minimum Gasteiger partial charge on any atom is -0.316 e. The molecule has 0 atom stereocenters. The maximum atomic E-state index is 13.8. The summed E-state index contributed by atoms with van der Waals surface area (Å²) in [5.74, 6) is -0.0703. The lowest BCUT2D eigenvalue weighted by atomic mass is 10.1. The van der Waals surface area contributed by atoms with E-state index < -0.39 is 0 Å². The van der Waals surface area contributed by atoms with Crippen molar-refractivity contribution >= 4 is 0 Å². The molecule has 0 unspecified atom stereocenters. The summed E-state index contributed by atoms with van der Waals surface area (Å²) in [5, 5.41) is 3.11. The first-order valence-corrected chi connectivity index (χ1v) is 6.94. The van der Waals surface area contributed by atoms with Gasteiger partial charge in [-0.3, -0.25) is 4.90 Å². The molecule has 0 saturated carbocycles. The van der Waals surface area contributed by atoms with E-state index in [1.807, 2.05) is 19.2 Å². The molecular weight excluding hydrogens is 227 g/mol. The third-order valence-corrected chi connectivity index (χ3v) is 3.58. The van der Waals surface area contributed by atoms with Gasteiger partial charge in [0.2, 0.25) is 0 Å². The molecule has 1 N–H and O–H groups in total. The van der Waals surface area contributed by atoms with Crippen molar-refractivity contribution in [2.75, 3.05) is 20.1 Å². The van der Waals surface area contributed by atoms with E-state index in [4.69, 9.17) is 0 Å². The number of nitrogens with one attached hydrogen (secondary N) is 1. The quantitative estimate of drug-likeness (QED) is 0.884. The van der Waals surface area contributed by atoms with E-state index in [0.717, 1.165) is 37.3 Å². The van der Waals surface area contributed by atoms with Crippen LogP contribution < -0.4 is 5.32 Å². The smallest absolute Gasteiger partial charge is 0.127 e. The Morgan fingerprint density at radius 2 is 1.89 bits per heavy atom. The fourth-order valence-electron chi connectivity index (χ4n) is 2.60. The topological polar surface area (TPSA) is 15.3 Å². The van der Waals surface area contributed by atoms with Crippen molar-refractivity contribution in [3.05, 3.63) is 35.1 Å². The third-order valence-electron chi connectivity index (χ3n) is 3.58. The van der Waals surface area contributed by atoms with E-state index in [9.17, 15) is 4.39 Å². The van der Waals surface area contributed by atoms with Gasteiger partial charge in [0.15, 0.2) is 0 Å². The second-order valence-electron chi connectivity index (χ2n) is 5.15. The summed E-state index contributed by atoms with van der Waals surface area (Å²) in [6.45, 7) is 3.77. The van der Waals surface area contributed by atoms with Crippen LogP contribution in [0.2, 0.25) is 0 Å². The van der Waals surface area contributed by atoms with Gasteiger partial charge in [-0.25, -0.2) is 4.39 Å². The van der Waals surface area contributed by atoms with Crippen molar-refractivity contribution in [1.82, 2.24) is 10.2 Å². The third kappa shape index (κ3) is 3.79. The van der Waals surface area contributed by atoms with E-state index >= 15 is 0 Å². The number of halogens is 1. The Morgan fingerprint density at radius 1 is 1.17 bits per heavy atom. The van der Waals surface area contributed by atoms with Gasteiger partial charge in [0.1, 0.15) is 5.82 Å². The number of benzene rings is 1. The fraction of sp³-hybridized carbons (Fsp3) is 0.600. The second-order valence-corrected chi connectivity index (χ2v) is 5.15. The van der Waals surface area contributed by atoms with Gasteiger partial charge < -0.3 is 5.32 Å². The van der Waals surface area contributed by atoms with Crippen LogP contribution in [0.1, 0.15) is 36.8 Å². The molecule has 0 aromatic heterocycles. The Morgan fingerprint density at radius 3 is 2.56 bits per heavy atom. The van der Waals surface area contributed by atoms with Gasteiger partial charge in [-0.1, -0.05) is 25.0 Å². The maximum absolute atomic E-state index is 13.8. The second kappa shape index (κ2) is 6.86. The molecular formula is C15H23FN2. The summed E-state index contributed by atoms with van der Waals surface area (Å²) in [5.41, 5.74) is 1.99. The summed E-state index contributed by atoms with van der Waals surface area (Å²) in [7, 11) is 1.91. The lowest BCUT2D eigenvalue weighted by molar-refractivity contribution is 0.273.